The highest BCUT2D eigenvalue weighted by atomic mass is 35.5. The molecule has 7 heteroatoms. The van der Waals surface area contributed by atoms with Gasteiger partial charge in [-0.3, -0.25) is 0 Å². The Hall–Kier alpha value is -1.53. The lowest BCUT2D eigenvalue weighted by molar-refractivity contribution is -0.137. The zero-order valence-electron chi connectivity index (χ0n) is 10.7. The number of hydrogen-bond acceptors (Lipinski definition) is 2. The molecule has 3 nitrogen and oxygen atoms in total. The smallest absolute Gasteiger partial charge is 0.321 e. The molecule has 0 unspecified atom stereocenters. The van der Waals surface area contributed by atoms with Gasteiger partial charge in [-0.2, -0.15) is 13.2 Å². The summed E-state index contributed by atoms with van der Waals surface area (Å²) in [6.07, 6.45) is -2.79. The average molecular weight is 304 g/mol. The standard InChI is InChI=1S/C13H13ClF3N3/c1-20-11(14)7-19-12(20)8-18-6-9-3-2-4-10(5-9)13(15,16)17/h2-5,7,18H,6,8H2,1H3. The SMILES string of the molecule is Cn1c(Cl)cnc1CNCc1cccc(C(F)(F)F)c1. The van der Waals surface area contributed by atoms with E-state index in [0.29, 0.717) is 23.8 Å². The number of benzene rings is 1. The monoisotopic (exact) mass is 303 g/mol. The number of aromatic nitrogens is 2. The van der Waals surface area contributed by atoms with Gasteiger partial charge in [-0.15, -0.1) is 0 Å². The predicted octanol–water partition coefficient (Wildman–Crippen LogP) is 3.38. The van der Waals surface area contributed by atoms with E-state index in [2.05, 4.69) is 10.3 Å². The molecule has 1 N–H and O–H groups in total. The molecular formula is C13H13ClF3N3. The maximum absolute atomic E-state index is 12.6. The van der Waals surface area contributed by atoms with E-state index in [4.69, 9.17) is 11.6 Å². The lowest BCUT2D eigenvalue weighted by atomic mass is 10.1. The minimum Gasteiger partial charge on any atom is -0.321 e. The highest BCUT2D eigenvalue weighted by molar-refractivity contribution is 6.29. The van der Waals surface area contributed by atoms with Crippen molar-refractivity contribution in [3.8, 4) is 0 Å². The fraction of sp³-hybridized carbons (Fsp3) is 0.308. The Bertz CT molecular complexity index is 593. The van der Waals surface area contributed by atoms with Gasteiger partial charge in [0.2, 0.25) is 0 Å². The Morgan fingerprint density at radius 1 is 1.30 bits per heavy atom. The molecule has 0 aliphatic carbocycles. The lowest BCUT2D eigenvalue weighted by Gasteiger charge is -2.09. The second kappa shape index (κ2) is 5.85. The van der Waals surface area contributed by atoms with Gasteiger partial charge in [-0.05, 0) is 11.6 Å². The highest BCUT2D eigenvalue weighted by Gasteiger charge is 2.30. The van der Waals surface area contributed by atoms with Crippen LogP contribution in [0.15, 0.2) is 30.5 Å². The Morgan fingerprint density at radius 2 is 2.05 bits per heavy atom. The van der Waals surface area contributed by atoms with Crippen molar-refractivity contribution in [2.45, 2.75) is 19.3 Å². The topological polar surface area (TPSA) is 29.9 Å². The molecule has 0 bridgehead atoms. The van der Waals surface area contributed by atoms with Gasteiger partial charge in [0.25, 0.3) is 0 Å². The van der Waals surface area contributed by atoms with Crippen LogP contribution in [-0.2, 0) is 26.3 Å². The zero-order chi connectivity index (χ0) is 14.8. The Labute approximate surface area is 119 Å². The van der Waals surface area contributed by atoms with Crippen LogP contribution < -0.4 is 5.32 Å². The first kappa shape index (κ1) is 14.9. The summed E-state index contributed by atoms with van der Waals surface area (Å²) in [7, 11) is 1.77. The van der Waals surface area contributed by atoms with Gasteiger partial charge in [0.15, 0.2) is 0 Å². The summed E-state index contributed by atoms with van der Waals surface area (Å²) < 4.78 is 39.4. The van der Waals surface area contributed by atoms with E-state index in [-0.39, 0.29) is 0 Å². The van der Waals surface area contributed by atoms with Crippen LogP contribution in [0, 0.1) is 0 Å². The molecule has 0 aliphatic heterocycles. The number of alkyl halides is 3. The van der Waals surface area contributed by atoms with Crippen molar-refractivity contribution < 1.29 is 13.2 Å². The van der Waals surface area contributed by atoms with Crippen LogP contribution in [0.25, 0.3) is 0 Å². The van der Waals surface area contributed by atoms with Gasteiger partial charge in [-0.25, -0.2) is 4.98 Å². The summed E-state index contributed by atoms with van der Waals surface area (Å²) >= 11 is 5.84. The molecule has 0 saturated carbocycles. The first-order valence-corrected chi connectivity index (χ1v) is 6.28. The van der Waals surface area contributed by atoms with Gasteiger partial charge in [0.1, 0.15) is 11.0 Å². The van der Waals surface area contributed by atoms with Gasteiger partial charge < -0.3 is 9.88 Å². The molecule has 0 fully saturated rings. The third-order valence-corrected chi connectivity index (χ3v) is 3.25. The van der Waals surface area contributed by atoms with E-state index in [9.17, 15) is 13.2 Å². The molecule has 0 aliphatic rings. The third kappa shape index (κ3) is 3.52. The molecule has 1 aromatic heterocycles. The Morgan fingerprint density at radius 3 is 2.65 bits per heavy atom. The molecule has 2 rings (SSSR count). The average Bonchev–Trinajstić information content (AvgIpc) is 2.70. The predicted molar refractivity (Wildman–Crippen MR) is 70.2 cm³/mol. The molecule has 108 valence electrons. The molecule has 1 aromatic carbocycles. The van der Waals surface area contributed by atoms with Crippen molar-refractivity contribution >= 4 is 11.6 Å². The molecule has 1 heterocycles. The van der Waals surface area contributed by atoms with Crippen LogP contribution >= 0.6 is 11.6 Å². The van der Waals surface area contributed by atoms with Crippen LogP contribution in [-0.4, -0.2) is 9.55 Å². The summed E-state index contributed by atoms with van der Waals surface area (Å²) in [5.41, 5.74) is -0.0723. The number of nitrogens with one attached hydrogen (secondary N) is 1. The molecule has 20 heavy (non-hydrogen) atoms. The van der Waals surface area contributed by atoms with Crippen molar-refractivity contribution in [3.05, 3.63) is 52.6 Å². The molecule has 0 spiro atoms. The van der Waals surface area contributed by atoms with Gasteiger partial charge in [0, 0.05) is 13.6 Å². The minimum absolute atomic E-state index is 0.328. The van der Waals surface area contributed by atoms with Crippen molar-refractivity contribution in [1.82, 2.24) is 14.9 Å². The van der Waals surface area contributed by atoms with Gasteiger partial charge >= 0.3 is 6.18 Å². The fourth-order valence-corrected chi connectivity index (χ4v) is 1.91. The van der Waals surface area contributed by atoms with Gasteiger partial charge in [0.05, 0.1) is 18.3 Å². The zero-order valence-corrected chi connectivity index (χ0v) is 11.5. The molecule has 0 atom stereocenters. The van der Waals surface area contributed by atoms with Crippen LogP contribution in [0.4, 0.5) is 13.2 Å². The van der Waals surface area contributed by atoms with Crippen LogP contribution in [0.2, 0.25) is 5.15 Å². The number of rotatable bonds is 4. The van der Waals surface area contributed by atoms with E-state index in [1.54, 1.807) is 17.7 Å². The van der Waals surface area contributed by atoms with E-state index in [1.165, 1.54) is 12.3 Å². The second-order valence-electron chi connectivity index (χ2n) is 4.36. The molecule has 0 amide bonds. The fourth-order valence-electron chi connectivity index (χ4n) is 1.76. The van der Waals surface area contributed by atoms with Crippen LogP contribution in [0.1, 0.15) is 17.0 Å². The summed E-state index contributed by atoms with van der Waals surface area (Å²) in [6.45, 7) is 0.758. The summed E-state index contributed by atoms with van der Waals surface area (Å²) in [4.78, 5) is 4.09. The van der Waals surface area contributed by atoms with Crippen LogP contribution in [0.5, 0.6) is 0 Å². The minimum atomic E-state index is -4.32. The molecule has 0 radical (unpaired) electrons. The summed E-state index contributed by atoms with van der Waals surface area (Å²) in [5.74, 6) is 0.724. The normalized spacial score (nSPS) is 11.8. The quantitative estimate of drug-likeness (QED) is 0.938. The van der Waals surface area contributed by atoms with E-state index < -0.39 is 11.7 Å². The lowest BCUT2D eigenvalue weighted by Crippen LogP contribution is -2.16. The third-order valence-electron chi connectivity index (χ3n) is 2.89. The van der Waals surface area contributed by atoms with Crippen molar-refractivity contribution in [3.63, 3.8) is 0 Å². The Balaban J connectivity index is 1.96. The van der Waals surface area contributed by atoms with Crippen molar-refractivity contribution in [1.29, 1.82) is 0 Å². The summed E-state index contributed by atoms with van der Waals surface area (Å²) in [6, 6.07) is 5.24. The Kier molecular flexibility index (Phi) is 4.35. The van der Waals surface area contributed by atoms with Crippen LogP contribution in [0.3, 0.4) is 0 Å². The number of nitrogens with zero attached hydrogens (tertiary/aromatic N) is 2. The number of hydrogen-bond donors (Lipinski definition) is 1. The molecule has 0 saturated heterocycles. The second-order valence-corrected chi connectivity index (χ2v) is 4.75. The van der Waals surface area contributed by atoms with E-state index in [1.807, 2.05) is 0 Å². The number of halogens is 4. The van der Waals surface area contributed by atoms with E-state index in [0.717, 1.165) is 18.0 Å². The largest absolute Gasteiger partial charge is 0.416 e. The highest BCUT2D eigenvalue weighted by Crippen LogP contribution is 2.29. The van der Waals surface area contributed by atoms with Crippen molar-refractivity contribution in [2.24, 2.45) is 7.05 Å². The number of imidazole rings is 1. The summed E-state index contributed by atoms with van der Waals surface area (Å²) in [5, 5.41) is 3.56. The van der Waals surface area contributed by atoms with Gasteiger partial charge in [-0.1, -0.05) is 29.8 Å². The first-order chi connectivity index (χ1) is 9.38. The molecule has 2 aromatic rings. The first-order valence-electron chi connectivity index (χ1n) is 5.91. The maximum atomic E-state index is 12.6. The van der Waals surface area contributed by atoms with E-state index >= 15 is 0 Å². The molecular weight excluding hydrogens is 291 g/mol. The maximum Gasteiger partial charge on any atom is 0.416 e. The van der Waals surface area contributed by atoms with Crippen molar-refractivity contribution in [2.75, 3.05) is 0 Å².